The topological polar surface area (TPSA) is 215 Å². The number of hydrogen-bond acceptors (Lipinski definition) is 13. The van der Waals surface area contributed by atoms with E-state index in [1.165, 1.54) is 24.3 Å². The average molecular weight is 870 g/mol. The van der Waals surface area contributed by atoms with Gasteiger partial charge >= 0.3 is 5.97 Å². The zero-order valence-electron chi connectivity index (χ0n) is 35.3. The maximum absolute atomic E-state index is 13.6. The lowest BCUT2D eigenvalue weighted by Gasteiger charge is -2.60. The summed E-state index contributed by atoms with van der Waals surface area (Å²) in [7, 11) is 0. The minimum Gasteiger partial charge on any atom is -0.508 e. The van der Waals surface area contributed by atoms with E-state index in [2.05, 4.69) is 5.32 Å². The summed E-state index contributed by atoms with van der Waals surface area (Å²) in [4.78, 5) is 27.1. The van der Waals surface area contributed by atoms with E-state index in [0.717, 1.165) is 0 Å². The number of nitrogens with one attached hydrogen (secondary N) is 1. The number of aromatic hydroxyl groups is 2. The Balaban J connectivity index is 0.830. The van der Waals surface area contributed by atoms with Crippen LogP contribution in [-0.2, 0) is 19.9 Å². The van der Waals surface area contributed by atoms with Crippen molar-refractivity contribution >= 4 is 34.8 Å². The Kier molecular flexibility index (Phi) is 10.2. The normalized spacial score (nSPS) is 33.2. The smallest absolute Gasteiger partial charge is 0.340 e. The number of fused-ring (bicyclic) bond motifs is 11. The summed E-state index contributed by atoms with van der Waals surface area (Å²) in [5.41, 5.74) is -2.71. The van der Waals surface area contributed by atoms with Crippen molar-refractivity contribution in [1.82, 2.24) is 0 Å². The summed E-state index contributed by atoms with van der Waals surface area (Å²) in [6, 6.07) is 14.3. The molecule has 0 amide bonds. The van der Waals surface area contributed by atoms with Crippen molar-refractivity contribution in [3.05, 3.63) is 88.5 Å². The highest BCUT2D eigenvalue weighted by Gasteiger charge is 2.69. The van der Waals surface area contributed by atoms with Crippen LogP contribution in [0.1, 0.15) is 106 Å². The predicted molar refractivity (Wildman–Crippen MR) is 230 cm³/mol. The first-order chi connectivity index (χ1) is 29.2. The Morgan fingerprint density at radius 2 is 1.60 bits per heavy atom. The molecule has 62 heavy (non-hydrogen) atoms. The van der Waals surface area contributed by atoms with Crippen LogP contribution in [-0.4, -0.2) is 88.8 Å². The zero-order chi connectivity index (χ0) is 44.3. The van der Waals surface area contributed by atoms with Gasteiger partial charge in [-0.3, -0.25) is 4.79 Å². The van der Waals surface area contributed by atoms with Gasteiger partial charge in [0.2, 0.25) is 0 Å². The van der Waals surface area contributed by atoms with Crippen LogP contribution < -0.4 is 10.1 Å². The van der Waals surface area contributed by atoms with Gasteiger partial charge in [0.1, 0.15) is 23.0 Å². The lowest BCUT2D eigenvalue weighted by molar-refractivity contribution is -0.176. The molecule has 14 heteroatoms. The van der Waals surface area contributed by atoms with Crippen molar-refractivity contribution in [1.29, 1.82) is 0 Å². The molecule has 3 aromatic carbocycles. The van der Waals surface area contributed by atoms with E-state index in [9.17, 15) is 45.3 Å². The van der Waals surface area contributed by atoms with E-state index in [1.54, 1.807) is 43.3 Å². The third-order valence-corrected chi connectivity index (χ3v) is 16.2. The molecule has 330 valence electrons. The van der Waals surface area contributed by atoms with Crippen LogP contribution >= 0.6 is 12.2 Å². The van der Waals surface area contributed by atoms with Gasteiger partial charge in [0.15, 0.2) is 11.4 Å². The first-order valence-electron chi connectivity index (χ1n) is 21.6. The fraction of sp³-hybridized carbons (Fsp3) is 0.521. The highest BCUT2D eigenvalue weighted by Crippen LogP contribution is 2.69. The fourth-order valence-corrected chi connectivity index (χ4v) is 12.7. The van der Waals surface area contributed by atoms with Crippen molar-refractivity contribution in [3.8, 4) is 23.0 Å². The molecule has 4 aliphatic carbocycles. The highest BCUT2D eigenvalue weighted by atomic mass is 32.1. The standard InChI is InChI=1S/C48H55NO12S/c1-24(5-12-41(55)46(4,57)40-14-16-47(58)33-20-35(52)34-21-36(53)37(54)22-44(34,2)30(33)13-15-45(40,47)3)23-59-43(62)49-25-6-9-29-28(17-25)42(56)61-48(29)31-10-7-26(50)18-38(31)60-39-19-27(51)8-11-32(39)48/h6-11,17-20,24,30,34,36-37,40-41,50-51,53-55,57-58H,5,12-16,21-23H2,1-4H3,(H,49,62)/t24?,30?,34?,36-,37+,40?,41-,44-,45-,46-,47-/m1/s1. The second-order valence-electron chi connectivity index (χ2n) is 19.5. The van der Waals surface area contributed by atoms with Gasteiger partial charge in [0.05, 0.1) is 41.7 Å². The fourth-order valence-electron chi connectivity index (χ4n) is 12.5. The monoisotopic (exact) mass is 869 g/mol. The van der Waals surface area contributed by atoms with Gasteiger partial charge in [0.25, 0.3) is 5.17 Å². The molecule has 0 saturated heterocycles. The second kappa shape index (κ2) is 14.7. The minimum absolute atomic E-state index is 0.0381. The summed E-state index contributed by atoms with van der Waals surface area (Å²) < 4.78 is 18.1. The number of phenolic OH excluding ortho intramolecular Hbond substituents is 2. The molecule has 1 spiro atoms. The molecule has 0 radical (unpaired) electrons. The molecule has 0 aromatic heterocycles. The number of allylic oxidation sites excluding steroid dienone is 1. The van der Waals surface area contributed by atoms with Crippen LogP contribution in [0.25, 0.3) is 0 Å². The third kappa shape index (κ3) is 6.30. The van der Waals surface area contributed by atoms with Crippen molar-refractivity contribution in [2.75, 3.05) is 11.9 Å². The number of anilines is 1. The molecule has 8 N–H and O–H groups in total. The molecule has 3 saturated carbocycles. The number of ketones is 1. The van der Waals surface area contributed by atoms with Gasteiger partial charge in [-0.15, -0.1) is 0 Å². The number of aliphatic hydroxyl groups excluding tert-OH is 3. The van der Waals surface area contributed by atoms with E-state index in [-0.39, 0.29) is 77.2 Å². The number of esters is 1. The minimum atomic E-state index is -1.55. The molecule has 0 bridgehead atoms. The van der Waals surface area contributed by atoms with Crippen LogP contribution in [0.15, 0.2) is 66.2 Å². The molecule has 13 nitrogen and oxygen atoms in total. The van der Waals surface area contributed by atoms with Crippen molar-refractivity contribution in [2.45, 2.75) is 114 Å². The Morgan fingerprint density at radius 3 is 2.27 bits per heavy atom. The number of benzene rings is 3. The molecular formula is C48H55NO12S. The summed E-state index contributed by atoms with van der Waals surface area (Å²) in [6.45, 7) is 7.78. The number of rotatable bonds is 8. The summed E-state index contributed by atoms with van der Waals surface area (Å²) in [5, 5.41) is 80.9. The van der Waals surface area contributed by atoms with Crippen LogP contribution in [0.5, 0.6) is 23.0 Å². The molecule has 3 fully saturated rings. The van der Waals surface area contributed by atoms with E-state index in [4.69, 9.17) is 26.4 Å². The largest absolute Gasteiger partial charge is 0.508 e. The van der Waals surface area contributed by atoms with E-state index in [1.807, 2.05) is 20.8 Å². The number of carbonyl (C=O) groups excluding carboxylic acids is 2. The molecule has 4 unspecified atom stereocenters. The quantitative estimate of drug-likeness (QED) is 0.0948. The molecule has 2 aliphatic heterocycles. The SMILES string of the molecule is CC(CC[C@@H](O)[C@](C)(O)C1CC[C@@]2(O)C3=CC(=O)C4C[C@@H](O)[C@@H](O)C[C@]4(C)C3CC[C@]12C)COC(=S)Nc1ccc2c(c1)C(=O)OC21c2ccc(O)cc2Oc2cc(O)ccc21. The maximum atomic E-state index is 13.6. The van der Waals surface area contributed by atoms with Gasteiger partial charge in [-0.1, -0.05) is 26.8 Å². The Hall–Kier alpha value is -4.57. The van der Waals surface area contributed by atoms with Crippen molar-refractivity contribution < 1.29 is 59.5 Å². The van der Waals surface area contributed by atoms with Crippen LogP contribution in [0.2, 0.25) is 0 Å². The van der Waals surface area contributed by atoms with Gasteiger partial charge in [-0.05, 0) is 142 Å². The molecular weight excluding hydrogens is 815 g/mol. The summed E-state index contributed by atoms with van der Waals surface area (Å²) in [6.07, 6.45) is 1.84. The zero-order valence-corrected chi connectivity index (χ0v) is 36.1. The van der Waals surface area contributed by atoms with Crippen LogP contribution in [0.3, 0.4) is 0 Å². The maximum Gasteiger partial charge on any atom is 0.340 e. The first kappa shape index (κ1) is 42.7. The van der Waals surface area contributed by atoms with E-state index >= 15 is 0 Å². The number of hydrogen-bond donors (Lipinski definition) is 8. The lowest BCUT2D eigenvalue weighted by atomic mass is 9.45. The number of phenols is 2. The highest BCUT2D eigenvalue weighted by molar-refractivity contribution is 7.80. The van der Waals surface area contributed by atoms with Gasteiger partial charge in [-0.25, -0.2) is 4.79 Å². The number of thiocarbonyl (C=S) groups is 1. The Labute approximate surface area is 365 Å². The van der Waals surface area contributed by atoms with Gasteiger partial charge in [0, 0.05) is 45.8 Å². The Bertz CT molecular complexity index is 2350. The molecule has 9 rings (SSSR count). The first-order valence-corrected chi connectivity index (χ1v) is 22.0. The molecule has 6 aliphatic rings. The third-order valence-electron chi connectivity index (χ3n) is 15.9. The number of aliphatic hydroxyl groups is 5. The van der Waals surface area contributed by atoms with Crippen LogP contribution in [0.4, 0.5) is 5.69 Å². The van der Waals surface area contributed by atoms with Gasteiger partial charge < -0.3 is 55.3 Å². The second-order valence-corrected chi connectivity index (χ2v) is 19.9. The van der Waals surface area contributed by atoms with Crippen LogP contribution in [0, 0.1) is 34.5 Å². The van der Waals surface area contributed by atoms with E-state index in [0.29, 0.717) is 60.1 Å². The van der Waals surface area contributed by atoms with Gasteiger partial charge in [-0.2, -0.15) is 0 Å². The average Bonchev–Trinajstić information content (AvgIpc) is 3.67. The predicted octanol–water partition coefficient (Wildman–Crippen LogP) is 6.11. The number of ether oxygens (including phenoxy) is 3. The molecule has 2 heterocycles. The summed E-state index contributed by atoms with van der Waals surface area (Å²) in [5.74, 6) is -1.35. The lowest BCUT2D eigenvalue weighted by Crippen LogP contribution is -2.62. The molecule has 3 aromatic rings. The molecule has 11 atom stereocenters. The summed E-state index contributed by atoms with van der Waals surface area (Å²) >= 11 is 5.53. The van der Waals surface area contributed by atoms with Crippen molar-refractivity contribution in [3.63, 3.8) is 0 Å². The van der Waals surface area contributed by atoms with E-state index < -0.39 is 63.8 Å². The van der Waals surface area contributed by atoms with Crippen molar-refractivity contribution in [2.24, 2.45) is 34.5 Å². The Morgan fingerprint density at radius 1 is 0.935 bits per heavy atom. The number of carbonyl (C=O) groups is 2.